The fraction of sp³-hybridized carbons (Fsp3) is 0.381. The van der Waals surface area contributed by atoms with Gasteiger partial charge in [0.05, 0.1) is 4.90 Å². The summed E-state index contributed by atoms with van der Waals surface area (Å²) in [6.07, 6.45) is 0. The third kappa shape index (κ3) is 4.89. The highest BCUT2D eigenvalue weighted by Gasteiger charge is 2.29. The van der Waals surface area contributed by atoms with Crippen LogP contribution in [0, 0.1) is 19.8 Å². The smallest absolute Gasteiger partial charge is 0.242 e. The van der Waals surface area contributed by atoms with Gasteiger partial charge in [-0.05, 0) is 55.2 Å². The average Bonchev–Trinajstić information content (AvgIpc) is 2.68. The van der Waals surface area contributed by atoms with Gasteiger partial charge in [-0.15, -0.1) is 0 Å². The third-order valence-corrected chi connectivity index (χ3v) is 6.27. The van der Waals surface area contributed by atoms with Gasteiger partial charge < -0.3 is 14.8 Å². The van der Waals surface area contributed by atoms with Crippen LogP contribution in [0.4, 0.5) is 5.69 Å². The number of nitrogens with one attached hydrogen (secondary N) is 2. The van der Waals surface area contributed by atoms with Crippen LogP contribution in [0.1, 0.15) is 25.0 Å². The Balaban J connectivity index is 1.80. The Morgan fingerprint density at radius 2 is 1.66 bits per heavy atom. The van der Waals surface area contributed by atoms with Crippen molar-refractivity contribution >= 4 is 21.6 Å². The number of carbonyl (C=O) groups excluding carboxylic acids is 1. The van der Waals surface area contributed by atoms with E-state index in [4.69, 9.17) is 9.47 Å². The SMILES string of the molecule is Cc1ccc(NC(=O)[C@@H](NS(=O)(=O)c2ccc3c(c2)OCCO3)C(C)C)cc1C. The molecule has 156 valence electrons. The summed E-state index contributed by atoms with van der Waals surface area (Å²) in [7, 11) is -3.94. The van der Waals surface area contributed by atoms with E-state index in [0.717, 1.165) is 11.1 Å². The van der Waals surface area contributed by atoms with E-state index in [1.54, 1.807) is 26.0 Å². The number of amides is 1. The second-order valence-corrected chi connectivity index (χ2v) is 9.15. The van der Waals surface area contributed by atoms with Crippen molar-refractivity contribution in [1.29, 1.82) is 0 Å². The molecule has 3 rings (SSSR count). The second-order valence-electron chi connectivity index (χ2n) is 7.44. The summed E-state index contributed by atoms with van der Waals surface area (Å²) in [5.41, 5.74) is 2.78. The van der Waals surface area contributed by atoms with E-state index in [1.165, 1.54) is 12.1 Å². The molecule has 0 saturated carbocycles. The summed E-state index contributed by atoms with van der Waals surface area (Å²) < 4.78 is 39.2. The standard InChI is InChI=1S/C21H26N2O5S/c1-13(2)20(21(24)22-16-6-5-14(3)15(4)11-16)23-29(25,26)17-7-8-18-19(12-17)28-10-9-27-18/h5-8,11-13,20,23H,9-10H2,1-4H3,(H,22,24)/t20-/m0/s1. The normalized spacial score (nSPS) is 14.5. The molecule has 2 aromatic carbocycles. The minimum absolute atomic E-state index is 0.0198. The minimum Gasteiger partial charge on any atom is -0.486 e. The van der Waals surface area contributed by atoms with Crippen molar-refractivity contribution in [2.45, 2.75) is 38.6 Å². The Bertz CT molecular complexity index is 1020. The molecule has 7 nitrogen and oxygen atoms in total. The number of aryl methyl sites for hydroxylation is 2. The lowest BCUT2D eigenvalue weighted by Gasteiger charge is -2.23. The quantitative estimate of drug-likeness (QED) is 0.752. The number of rotatable bonds is 6. The molecule has 29 heavy (non-hydrogen) atoms. The van der Waals surface area contributed by atoms with Crippen LogP contribution in [0.2, 0.25) is 0 Å². The largest absolute Gasteiger partial charge is 0.486 e. The second kappa shape index (κ2) is 8.42. The van der Waals surface area contributed by atoms with Crippen LogP contribution in [0.25, 0.3) is 0 Å². The molecule has 0 fully saturated rings. The fourth-order valence-electron chi connectivity index (χ4n) is 2.96. The Labute approximate surface area is 171 Å². The zero-order chi connectivity index (χ0) is 21.2. The molecule has 8 heteroatoms. The lowest BCUT2D eigenvalue weighted by atomic mass is 10.0. The maximum Gasteiger partial charge on any atom is 0.242 e. The fourth-order valence-corrected chi connectivity index (χ4v) is 4.32. The van der Waals surface area contributed by atoms with Crippen molar-refractivity contribution in [2.24, 2.45) is 5.92 Å². The summed E-state index contributed by atoms with van der Waals surface area (Å²) in [5.74, 6) is 0.209. The van der Waals surface area contributed by atoms with Crippen molar-refractivity contribution in [3.05, 3.63) is 47.5 Å². The topological polar surface area (TPSA) is 93.7 Å². The Hall–Kier alpha value is -2.58. The van der Waals surface area contributed by atoms with Gasteiger partial charge in [-0.3, -0.25) is 4.79 Å². The molecule has 0 saturated heterocycles. The molecule has 0 aromatic heterocycles. The first-order chi connectivity index (χ1) is 13.7. The van der Waals surface area contributed by atoms with Crippen LogP contribution in [-0.4, -0.2) is 33.6 Å². The molecule has 1 aliphatic rings. The van der Waals surface area contributed by atoms with Gasteiger partial charge >= 0.3 is 0 Å². The van der Waals surface area contributed by atoms with Gasteiger partial charge in [0.25, 0.3) is 0 Å². The van der Waals surface area contributed by atoms with Gasteiger partial charge in [-0.1, -0.05) is 19.9 Å². The van der Waals surface area contributed by atoms with Gasteiger partial charge in [0, 0.05) is 11.8 Å². The highest BCUT2D eigenvalue weighted by atomic mass is 32.2. The number of fused-ring (bicyclic) bond motifs is 1. The van der Waals surface area contributed by atoms with Crippen LogP contribution >= 0.6 is 0 Å². The molecule has 0 aliphatic carbocycles. The number of hydrogen-bond acceptors (Lipinski definition) is 5. The van der Waals surface area contributed by atoms with E-state index in [-0.39, 0.29) is 10.8 Å². The third-order valence-electron chi connectivity index (χ3n) is 4.83. The lowest BCUT2D eigenvalue weighted by Crippen LogP contribution is -2.47. The van der Waals surface area contributed by atoms with E-state index in [2.05, 4.69) is 10.0 Å². The predicted octanol–water partition coefficient (Wildman–Crippen LogP) is 3.02. The molecule has 0 unspecified atom stereocenters. The van der Waals surface area contributed by atoms with Crippen molar-refractivity contribution in [1.82, 2.24) is 4.72 Å². The maximum atomic E-state index is 12.9. The predicted molar refractivity (Wildman–Crippen MR) is 111 cm³/mol. The van der Waals surface area contributed by atoms with E-state index >= 15 is 0 Å². The molecule has 0 radical (unpaired) electrons. The number of anilines is 1. The maximum absolute atomic E-state index is 12.9. The number of ether oxygens (including phenoxy) is 2. The van der Waals surface area contributed by atoms with E-state index in [9.17, 15) is 13.2 Å². The molecule has 0 bridgehead atoms. The van der Waals surface area contributed by atoms with Gasteiger partial charge in [0.15, 0.2) is 11.5 Å². The molecule has 1 aliphatic heterocycles. The summed E-state index contributed by atoms with van der Waals surface area (Å²) >= 11 is 0. The summed E-state index contributed by atoms with van der Waals surface area (Å²) in [5, 5.41) is 2.80. The van der Waals surface area contributed by atoms with E-state index in [0.29, 0.717) is 30.4 Å². The average molecular weight is 419 g/mol. The van der Waals surface area contributed by atoms with Crippen LogP contribution < -0.4 is 19.5 Å². The summed E-state index contributed by atoms with van der Waals surface area (Å²) in [4.78, 5) is 12.8. The van der Waals surface area contributed by atoms with Crippen molar-refractivity contribution in [3.63, 3.8) is 0 Å². The first kappa shape index (κ1) is 21.1. The first-order valence-corrected chi connectivity index (χ1v) is 11.0. The van der Waals surface area contributed by atoms with Crippen molar-refractivity contribution in [3.8, 4) is 11.5 Å². The number of benzene rings is 2. The first-order valence-electron chi connectivity index (χ1n) is 9.47. The molecule has 2 aromatic rings. The van der Waals surface area contributed by atoms with Gasteiger partial charge in [0.1, 0.15) is 19.3 Å². The zero-order valence-corrected chi connectivity index (χ0v) is 17.8. The summed E-state index contributed by atoms with van der Waals surface area (Å²) in [6, 6.07) is 9.04. The number of sulfonamides is 1. The number of carbonyl (C=O) groups is 1. The Morgan fingerprint density at radius 3 is 2.31 bits per heavy atom. The lowest BCUT2D eigenvalue weighted by molar-refractivity contribution is -0.118. The monoisotopic (exact) mass is 418 g/mol. The Morgan fingerprint density at radius 1 is 0.966 bits per heavy atom. The zero-order valence-electron chi connectivity index (χ0n) is 17.0. The molecule has 2 N–H and O–H groups in total. The Kier molecular flexibility index (Phi) is 6.14. The van der Waals surface area contributed by atoms with E-state index in [1.807, 2.05) is 26.0 Å². The highest BCUT2D eigenvalue weighted by Crippen LogP contribution is 2.32. The highest BCUT2D eigenvalue weighted by molar-refractivity contribution is 7.89. The van der Waals surface area contributed by atoms with Crippen LogP contribution in [0.5, 0.6) is 11.5 Å². The number of hydrogen-bond donors (Lipinski definition) is 2. The van der Waals surface area contributed by atoms with Crippen LogP contribution in [-0.2, 0) is 14.8 Å². The van der Waals surface area contributed by atoms with Gasteiger partial charge in [-0.2, -0.15) is 4.72 Å². The minimum atomic E-state index is -3.94. The molecular weight excluding hydrogens is 392 g/mol. The van der Waals surface area contributed by atoms with Crippen molar-refractivity contribution in [2.75, 3.05) is 18.5 Å². The summed E-state index contributed by atoms with van der Waals surface area (Å²) in [6.45, 7) is 8.30. The molecule has 1 atom stereocenters. The van der Waals surface area contributed by atoms with E-state index < -0.39 is 22.0 Å². The molecule has 0 spiro atoms. The van der Waals surface area contributed by atoms with Gasteiger partial charge in [-0.25, -0.2) is 8.42 Å². The van der Waals surface area contributed by atoms with Crippen LogP contribution in [0.15, 0.2) is 41.3 Å². The van der Waals surface area contributed by atoms with Crippen LogP contribution in [0.3, 0.4) is 0 Å². The van der Waals surface area contributed by atoms with Gasteiger partial charge in [0.2, 0.25) is 15.9 Å². The van der Waals surface area contributed by atoms with Crippen molar-refractivity contribution < 1.29 is 22.7 Å². The molecule has 1 amide bonds. The molecule has 1 heterocycles. The molecular formula is C21H26N2O5S.